The number of ether oxygens (including phenoxy) is 1. The van der Waals surface area contributed by atoms with Crippen molar-refractivity contribution in [3.8, 4) is 0 Å². The molecule has 2 bridgehead atoms. The standard InChI is InChI=1S/C19H24N4O2S/c24-19(21-16-12-22-3-1-13(16)2-4-22)15-10-17-14(11-20-15)9-18(26-17)23-5-7-25-8-6-23/h9-11,13,16H,1-8,12H2,(H,21,24). The predicted octanol–water partition coefficient (Wildman–Crippen LogP) is 1.96. The minimum absolute atomic E-state index is 0.0352. The molecule has 0 radical (unpaired) electrons. The molecule has 1 amide bonds. The number of aromatic nitrogens is 1. The molecule has 0 aromatic carbocycles. The molecule has 138 valence electrons. The van der Waals surface area contributed by atoms with Gasteiger partial charge in [-0.3, -0.25) is 9.78 Å². The van der Waals surface area contributed by atoms with E-state index in [2.05, 4.69) is 26.2 Å². The summed E-state index contributed by atoms with van der Waals surface area (Å²) in [6, 6.07) is 4.39. The van der Waals surface area contributed by atoms with Crippen molar-refractivity contribution in [3.05, 3.63) is 24.0 Å². The Morgan fingerprint density at radius 3 is 2.73 bits per heavy atom. The zero-order valence-electron chi connectivity index (χ0n) is 14.8. The van der Waals surface area contributed by atoms with E-state index in [-0.39, 0.29) is 11.9 Å². The number of hydrogen-bond acceptors (Lipinski definition) is 6. The Balaban J connectivity index is 1.33. The number of morpholine rings is 1. The molecule has 4 saturated heterocycles. The Bertz CT molecular complexity index is 809. The van der Waals surface area contributed by atoms with Crippen LogP contribution >= 0.6 is 11.3 Å². The van der Waals surface area contributed by atoms with Crippen LogP contribution in [-0.2, 0) is 4.74 Å². The number of thiophene rings is 1. The van der Waals surface area contributed by atoms with Crippen LogP contribution in [0.25, 0.3) is 10.1 Å². The highest BCUT2D eigenvalue weighted by Crippen LogP contribution is 2.33. The summed E-state index contributed by atoms with van der Waals surface area (Å²) in [4.78, 5) is 22.0. The lowest BCUT2D eigenvalue weighted by molar-refractivity contribution is 0.0618. The molecule has 2 aromatic rings. The lowest BCUT2D eigenvalue weighted by Gasteiger charge is -2.44. The largest absolute Gasteiger partial charge is 0.378 e. The van der Waals surface area contributed by atoms with Gasteiger partial charge in [0, 0.05) is 42.0 Å². The van der Waals surface area contributed by atoms with Gasteiger partial charge in [-0.05, 0) is 44.0 Å². The molecule has 1 atom stereocenters. The predicted molar refractivity (Wildman–Crippen MR) is 103 cm³/mol. The van der Waals surface area contributed by atoms with Crippen molar-refractivity contribution in [1.29, 1.82) is 0 Å². The fourth-order valence-electron chi connectivity index (χ4n) is 4.35. The van der Waals surface area contributed by atoms with Gasteiger partial charge in [-0.15, -0.1) is 11.3 Å². The lowest BCUT2D eigenvalue weighted by Crippen LogP contribution is -2.57. The maximum atomic E-state index is 12.7. The van der Waals surface area contributed by atoms with Crippen LogP contribution in [0, 0.1) is 5.92 Å². The van der Waals surface area contributed by atoms with Gasteiger partial charge in [0.05, 0.1) is 18.2 Å². The minimum atomic E-state index is -0.0352. The third-order valence-electron chi connectivity index (χ3n) is 5.92. The minimum Gasteiger partial charge on any atom is -0.378 e. The molecular weight excluding hydrogens is 348 g/mol. The Morgan fingerprint density at radius 2 is 2.00 bits per heavy atom. The first-order valence-electron chi connectivity index (χ1n) is 9.52. The summed E-state index contributed by atoms with van der Waals surface area (Å²) in [6.07, 6.45) is 4.23. The number of piperidine rings is 3. The van der Waals surface area contributed by atoms with E-state index >= 15 is 0 Å². The molecule has 6 heterocycles. The average Bonchev–Trinajstić information content (AvgIpc) is 3.13. The number of pyridine rings is 1. The number of amides is 1. The first-order chi connectivity index (χ1) is 12.8. The number of nitrogens with one attached hydrogen (secondary N) is 1. The van der Waals surface area contributed by atoms with Gasteiger partial charge in [-0.25, -0.2) is 0 Å². The molecule has 1 unspecified atom stereocenters. The molecule has 4 fully saturated rings. The van der Waals surface area contributed by atoms with E-state index in [0.29, 0.717) is 11.6 Å². The second-order valence-electron chi connectivity index (χ2n) is 7.51. The van der Waals surface area contributed by atoms with Crippen LogP contribution in [0.5, 0.6) is 0 Å². The molecule has 4 aliphatic rings. The van der Waals surface area contributed by atoms with E-state index < -0.39 is 0 Å². The average molecular weight is 372 g/mol. The zero-order chi connectivity index (χ0) is 17.5. The van der Waals surface area contributed by atoms with E-state index in [1.807, 2.05) is 12.3 Å². The number of anilines is 1. The summed E-state index contributed by atoms with van der Waals surface area (Å²) in [5.41, 5.74) is 0.532. The Morgan fingerprint density at radius 1 is 1.19 bits per heavy atom. The van der Waals surface area contributed by atoms with Crippen molar-refractivity contribution >= 4 is 32.3 Å². The number of carbonyl (C=O) groups excluding carboxylic acids is 1. The molecule has 2 aromatic heterocycles. The van der Waals surface area contributed by atoms with Gasteiger partial charge in [0.15, 0.2) is 0 Å². The molecule has 1 N–H and O–H groups in total. The van der Waals surface area contributed by atoms with Gasteiger partial charge >= 0.3 is 0 Å². The maximum absolute atomic E-state index is 12.7. The van der Waals surface area contributed by atoms with Crippen LogP contribution in [0.15, 0.2) is 18.3 Å². The van der Waals surface area contributed by atoms with Crippen molar-refractivity contribution < 1.29 is 9.53 Å². The summed E-state index contributed by atoms with van der Waals surface area (Å²) < 4.78 is 6.56. The lowest BCUT2D eigenvalue weighted by atomic mass is 9.84. The highest BCUT2D eigenvalue weighted by Gasteiger charge is 2.35. The van der Waals surface area contributed by atoms with Crippen molar-refractivity contribution in [2.75, 3.05) is 50.8 Å². The SMILES string of the molecule is O=C(NC1CN2CCC1CC2)c1cc2sc(N3CCOCC3)cc2cn1. The van der Waals surface area contributed by atoms with Crippen LogP contribution in [0.2, 0.25) is 0 Å². The number of fused-ring (bicyclic) bond motifs is 4. The van der Waals surface area contributed by atoms with E-state index in [4.69, 9.17) is 4.74 Å². The zero-order valence-corrected chi connectivity index (χ0v) is 15.6. The maximum Gasteiger partial charge on any atom is 0.270 e. The third-order valence-corrected chi connectivity index (χ3v) is 7.08. The fraction of sp³-hybridized carbons (Fsp3) is 0.579. The number of hydrogen-bond donors (Lipinski definition) is 1. The van der Waals surface area contributed by atoms with E-state index in [1.165, 1.54) is 30.9 Å². The van der Waals surface area contributed by atoms with Gasteiger partial charge in [0.25, 0.3) is 5.91 Å². The van der Waals surface area contributed by atoms with Gasteiger partial charge in [-0.1, -0.05) is 0 Å². The van der Waals surface area contributed by atoms with Gasteiger partial charge < -0.3 is 19.9 Å². The number of nitrogens with zero attached hydrogens (tertiary/aromatic N) is 3. The molecule has 6 rings (SSSR count). The second-order valence-corrected chi connectivity index (χ2v) is 8.57. The van der Waals surface area contributed by atoms with Crippen LogP contribution in [0.4, 0.5) is 5.00 Å². The molecule has 0 saturated carbocycles. The van der Waals surface area contributed by atoms with Crippen LogP contribution in [0.3, 0.4) is 0 Å². The summed E-state index contributed by atoms with van der Waals surface area (Å²) in [5, 5.41) is 5.58. The Hall–Kier alpha value is -1.70. The van der Waals surface area contributed by atoms with Gasteiger partial charge in [0.1, 0.15) is 5.69 Å². The molecule has 7 heteroatoms. The highest BCUT2D eigenvalue weighted by molar-refractivity contribution is 7.22. The summed E-state index contributed by atoms with van der Waals surface area (Å²) in [5.74, 6) is 0.592. The van der Waals surface area contributed by atoms with E-state index in [1.54, 1.807) is 11.3 Å². The molecular formula is C19H24N4O2S. The fourth-order valence-corrected chi connectivity index (χ4v) is 5.48. The Kier molecular flexibility index (Phi) is 4.30. The third kappa shape index (κ3) is 3.08. The molecule has 0 aliphatic carbocycles. The van der Waals surface area contributed by atoms with Crippen LogP contribution < -0.4 is 10.2 Å². The first-order valence-corrected chi connectivity index (χ1v) is 10.3. The Labute approximate surface area is 157 Å². The van der Waals surface area contributed by atoms with E-state index in [9.17, 15) is 4.79 Å². The van der Waals surface area contributed by atoms with Crippen molar-refractivity contribution in [1.82, 2.24) is 15.2 Å². The normalized spacial score (nSPS) is 28.5. The second kappa shape index (κ2) is 6.79. The summed E-state index contributed by atoms with van der Waals surface area (Å²) in [7, 11) is 0. The molecule has 26 heavy (non-hydrogen) atoms. The van der Waals surface area contributed by atoms with E-state index in [0.717, 1.165) is 42.9 Å². The topological polar surface area (TPSA) is 57.7 Å². The van der Waals surface area contributed by atoms with Crippen molar-refractivity contribution in [2.24, 2.45) is 5.92 Å². The number of rotatable bonds is 3. The van der Waals surface area contributed by atoms with Crippen molar-refractivity contribution in [3.63, 3.8) is 0 Å². The first kappa shape index (κ1) is 16.5. The monoisotopic (exact) mass is 372 g/mol. The molecule has 0 spiro atoms. The molecule has 4 aliphatic heterocycles. The van der Waals surface area contributed by atoms with Gasteiger partial charge in [0.2, 0.25) is 0 Å². The van der Waals surface area contributed by atoms with Crippen LogP contribution in [0.1, 0.15) is 23.3 Å². The quantitative estimate of drug-likeness (QED) is 0.893. The summed E-state index contributed by atoms with van der Waals surface area (Å²) >= 11 is 1.74. The van der Waals surface area contributed by atoms with Crippen LogP contribution in [-0.4, -0.2) is 67.8 Å². The smallest absolute Gasteiger partial charge is 0.270 e. The summed E-state index contributed by atoms with van der Waals surface area (Å²) in [6.45, 7) is 6.75. The number of carbonyl (C=O) groups is 1. The highest BCUT2D eigenvalue weighted by atomic mass is 32.1. The molecule has 6 nitrogen and oxygen atoms in total. The van der Waals surface area contributed by atoms with Gasteiger partial charge in [-0.2, -0.15) is 0 Å². The van der Waals surface area contributed by atoms with Crippen molar-refractivity contribution in [2.45, 2.75) is 18.9 Å².